The summed E-state index contributed by atoms with van der Waals surface area (Å²) in [5.74, 6) is 1.57. The van der Waals surface area contributed by atoms with Crippen LogP contribution >= 0.6 is 0 Å². The highest BCUT2D eigenvalue weighted by molar-refractivity contribution is 5.72. The van der Waals surface area contributed by atoms with Gasteiger partial charge < -0.3 is 20.2 Å². The molecule has 1 heterocycles. The molecule has 0 aliphatic rings. The Labute approximate surface area is 100 Å². The molecule has 1 aromatic carbocycles. The smallest absolute Gasteiger partial charge is 0.144 e. The van der Waals surface area contributed by atoms with Crippen molar-refractivity contribution in [1.29, 1.82) is 0 Å². The quantitative estimate of drug-likeness (QED) is 0.778. The number of nitrogens with two attached hydrogens (primary N) is 1. The first-order valence-electron chi connectivity index (χ1n) is 5.58. The minimum Gasteiger partial charge on any atom is -0.492 e. The lowest BCUT2D eigenvalue weighted by atomic mass is 10.2. The fourth-order valence-electron chi connectivity index (χ4n) is 1.58. The molecule has 0 unspecified atom stereocenters. The van der Waals surface area contributed by atoms with E-state index in [9.17, 15) is 0 Å². The number of para-hydroxylation sites is 1. The normalized spacial score (nSPS) is 10.2. The van der Waals surface area contributed by atoms with Crippen LogP contribution in [-0.2, 0) is 6.54 Å². The molecule has 3 N–H and O–H groups in total. The summed E-state index contributed by atoms with van der Waals surface area (Å²) in [6.45, 7) is 3.14. The number of rotatable bonds is 5. The van der Waals surface area contributed by atoms with Gasteiger partial charge in [-0.05, 0) is 31.2 Å². The van der Waals surface area contributed by atoms with Gasteiger partial charge >= 0.3 is 0 Å². The number of nitrogens with one attached hydrogen (secondary N) is 1. The number of benzene rings is 1. The Hall–Kier alpha value is -2.10. The molecular weight excluding hydrogens is 216 g/mol. The first-order valence-corrected chi connectivity index (χ1v) is 5.58. The van der Waals surface area contributed by atoms with Crippen molar-refractivity contribution in [2.45, 2.75) is 13.5 Å². The average Bonchev–Trinajstić information content (AvgIpc) is 2.83. The maximum Gasteiger partial charge on any atom is 0.144 e. The second-order valence-corrected chi connectivity index (χ2v) is 3.58. The lowest BCUT2D eigenvalue weighted by Crippen LogP contribution is -2.04. The topological polar surface area (TPSA) is 60.4 Å². The van der Waals surface area contributed by atoms with Crippen molar-refractivity contribution in [2.24, 2.45) is 0 Å². The molecule has 0 saturated heterocycles. The summed E-state index contributed by atoms with van der Waals surface area (Å²) in [6.07, 6.45) is 1.65. The van der Waals surface area contributed by atoms with Gasteiger partial charge in [-0.1, -0.05) is 6.07 Å². The summed E-state index contributed by atoms with van der Waals surface area (Å²) in [5, 5.41) is 3.22. The van der Waals surface area contributed by atoms with Gasteiger partial charge in [0.05, 0.1) is 30.8 Å². The van der Waals surface area contributed by atoms with Crippen molar-refractivity contribution in [3.63, 3.8) is 0 Å². The number of hydrogen-bond acceptors (Lipinski definition) is 4. The molecule has 17 heavy (non-hydrogen) atoms. The first-order chi connectivity index (χ1) is 8.31. The maximum atomic E-state index is 5.99. The van der Waals surface area contributed by atoms with Gasteiger partial charge in [0, 0.05) is 0 Å². The largest absolute Gasteiger partial charge is 0.492 e. The molecule has 2 rings (SSSR count). The summed E-state index contributed by atoms with van der Waals surface area (Å²) in [6, 6.07) is 9.45. The van der Waals surface area contributed by atoms with E-state index in [1.807, 2.05) is 37.3 Å². The van der Waals surface area contributed by atoms with Gasteiger partial charge in [-0.2, -0.15) is 0 Å². The second kappa shape index (κ2) is 5.30. The number of hydrogen-bond donors (Lipinski definition) is 2. The fourth-order valence-corrected chi connectivity index (χ4v) is 1.58. The first kappa shape index (κ1) is 11.4. The molecule has 4 nitrogen and oxygen atoms in total. The van der Waals surface area contributed by atoms with Crippen LogP contribution in [0.1, 0.15) is 12.7 Å². The van der Waals surface area contributed by atoms with Gasteiger partial charge in [0.25, 0.3) is 0 Å². The molecule has 1 aromatic heterocycles. The Balaban J connectivity index is 2.07. The van der Waals surface area contributed by atoms with E-state index in [1.54, 1.807) is 6.26 Å². The highest BCUT2D eigenvalue weighted by Gasteiger charge is 2.05. The van der Waals surface area contributed by atoms with Crippen LogP contribution in [0, 0.1) is 0 Å². The Bertz CT molecular complexity index is 466. The molecule has 2 aromatic rings. The van der Waals surface area contributed by atoms with Crippen molar-refractivity contribution in [3.05, 3.63) is 42.4 Å². The van der Waals surface area contributed by atoms with Crippen LogP contribution in [0.25, 0.3) is 0 Å². The molecule has 0 fully saturated rings. The van der Waals surface area contributed by atoms with Crippen LogP contribution in [0.4, 0.5) is 11.4 Å². The van der Waals surface area contributed by atoms with Crippen molar-refractivity contribution in [2.75, 3.05) is 17.7 Å². The van der Waals surface area contributed by atoms with E-state index < -0.39 is 0 Å². The Morgan fingerprint density at radius 3 is 2.88 bits per heavy atom. The van der Waals surface area contributed by atoms with Gasteiger partial charge in [-0.15, -0.1) is 0 Å². The third kappa shape index (κ3) is 2.72. The van der Waals surface area contributed by atoms with Crippen LogP contribution in [0.3, 0.4) is 0 Å². The minimum absolute atomic E-state index is 0.603. The fraction of sp³-hybridized carbons (Fsp3) is 0.231. The standard InChI is InChI=1S/C13H16N2O2/c1-2-16-12-7-3-6-11(13(12)14)15-9-10-5-4-8-17-10/h3-8,15H,2,9,14H2,1H3. The Morgan fingerprint density at radius 2 is 2.18 bits per heavy atom. The minimum atomic E-state index is 0.603. The molecule has 90 valence electrons. The van der Waals surface area contributed by atoms with Crippen LogP contribution in [-0.4, -0.2) is 6.61 Å². The molecule has 0 spiro atoms. The van der Waals surface area contributed by atoms with Crippen LogP contribution in [0.2, 0.25) is 0 Å². The molecule has 4 heteroatoms. The lowest BCUT2D eigenvalue weighted by molar-refractivity contribution is 0.342. The van der Waals surface area contributed by atoms with E-state index in [0.29, 0.717) is 24.6 Å². The molecule has 0 radical (unpaired) electrons. The average molecular weight is 232 g/mol. The molecule has 0 bridgehead atoms. The van der Waals surface area contributed by atoms with E-state index in [4.69, 9.17) is 14.9 Å². The van der Waals surface area contributed by atoms with E-state index in [0.717, 1.165) is 11.4 Å². The number of anilines is 2. The summed E-state index contributed by atoms with van der Waals surface area (Å²) >= 11 is 0. The van der Waals surface area contributed by atoms with Crippen LogP contribution < -0.4 is 15.8 Å². The summed E-state index contributed by atoms with van der Waals surface area (Å²) in [7, 11) is 0. The van der Waals surface area contributed by atoms with Crippen LogP contribution in [0.15, 0.2) is 41.0 Å². The van der Waals surface area contributed by atoms with Gasteiger partial charge in [0.15, 0.2) is 0 Å². The number of furan rings is 1. The predicted octanol–water partition coefficient (Wildman–Crippen LogP) is 2.87. The van der Waals surface area contributed by atoms with Crippen LogP contribution in [0.5, 0.6) is 5.75 Å². The Morgan fingerprint density at radius 1 is 1.29 bits per heavy atom. The molecule has 0 aliphatic carbocycles. The molecule has 0 atom stereocenters. The molecular formula is C13H16N2O2. The number of ether oxygens (including phenoxy) is 1. The van der Waals surface area contributed by atoms with Crippen molar-refractivity contribution in [1.82, 2.24) is 0 Å². The summed E-state index contributed by atoms with van der Waals surface area (Å²) in [5.41, 5.74) is 7.47. The van der Waals surface area contributed by atoms with Gasteiger partial charge in [-0.25, -0.2) is 0 Å². The van der Waals surface area contributed by atoms with E-state index >= 15 is 0 Å². The number of nitrogen functional groups attached to an aromatic ring is 1. The molecule has 0 aliphatic heterocycles. The highest BCUT2D eigenvalue weighted by Crippen LogP contribution is 2.29. The monoisotopic (exact) mass is 232 g/mol. The Kier molecular flexibility index (Phi) is 3.55. The van der Waals surface area contributed by atoms with E-state index in [1.165, 1.54) is 0 Å². The third-order valence-electron chi connectivity index (χ3n) is 2.40. The zero-order valence-electron chi connectivity index (χ0n) is 9.77. The zero-order valence-corrected chi connectivity index (χ0v) is 9.77. The maximum absolute atomic E-state index is 5.99. The zero-order chi connectivity index (χ0) is 12.1. The third-order valence-corrected chi connectivity index (χ3v) is 2.40. The van der Waals surface area contributed by atoms with Gasteiger partial charge in [0.1, 0.15) is 11.5 Å². The van der Waals surface area contributed by atoms with E-state index in [-0.39, 0.29) is 0 Å². The van der Waals surface area contributed by atoms with E-state index in [2.05, 4.69) is 5.32 Å². The molecule has 0 saturated carbocycles. The van der Waals surface area contributed by atoms with Crippen molar-refractivity contribution in [3.8, 4) is 5.75 Å². The van der Waals surface area contributed by atoms with Gasteiger partial charge in [-0.3, -0.25) is 0 Å². The van der Waals surface area contributed by atoms with Gasteiger partial charge in [0.2, 0.25) is 0 Å². The van der Waals surface area contributed by atoms with Crippen molar-refractivity contribution >= 4 is 11.4 Å². The highest BCUT2D eigenvalue weighted by atomic mass is 16.5. The lowest BCUT2D eigenvalue weighted by Gasteiger charge is -2.12. The second-order valence-electron chi connectivity index (χ2n) is 3.58. The predicted molar refractivity (Wildman–Crippen MR) is 68.1 cm³/mol. The summed E-state index contributed by atoms with van der Waals surface area (Å²) in [4.78, 5) is 0. The summed E-state index contributed by atoms with van der Waals surface area (Å²) < 4.78 is 10.7. The molecule has 0 amide bonds. The van der Waals surface area contributed by atoms with Crippen molar-refractivity contribution < 1.29 is 9.15 Å². The SMILES string of the molecule is CCOc1cccc(NCc2ccco2)c1N.